The molecular formula is C22H34O3. The van der Waals surface area contributed by atoms with Crippen LogP contribution >= 0.6 is 0 Å². The van der Waals surface area contributed by atoms with E-state index in [1.54, 1.807) is 0 Å². The van der Waals surface area contributed by atoms with Gasteiger partial charge in [-0.25, -0.2) is 0 Å². The second-order valence-electron chi connectivity index (χ2n) is 5.87. The monoisotopic (exact) mass is 346 g/mol. The first-order valence-electron chi connectivity index (χ1n) is 9.31. The second kappa shape index (κ2) is 18.5. The van der Waals surface area contributed by atoms with Crippen LogP contribution in [0, 0.1) is 0 Å². The highest BCUT2D eigenvalue weighted by molar-refractivity contribution is 5.66. The summed E-state index contributed by atoms with van der Waals surface area (Å²) in [6.07, 6.45) is 27.4. The van der Waals surface area contributed by atoms with Gasteiger partial charge in [-0.1, -0.05) is 67.7 Å². The minimum absolute atomic E-state index is 0.195. The molecule has 3 heteroatoms. The molecular weight excluding hydrogens is 312 g/mol. The van der Waals surface area contributed by atoms with Crippen LogP contribution in [0.4, 0.5) is 0 Å². The van der Waals surface area contributed by atoms with Crippen molar-refractivity contribution in [2.24, 2.45) is 0 Å². The number of aliphatic hydroxyl groups excluding tert-OH is 1. The van der Waals surface area contributed by atoms with Gasteiger partial charge in [-0.3, -0.25) is 4.79 Å². The van der Waals surface area contributed by atoms with Crippen LogP contribution in [0.25, 0.3) is 0 Å². The van der Waals surface area contributed by atoms with Crippen molar-refractivity contribution in [3.8, 4) is 0 Å². The Hall–Kier alpha value is -1.87. The zero-order valence-electron chi connectivity index (χ0n) is 15.5. The van der Waals surface area contributed by atoms with Gasteiger partial charge in [0.2, 0.25) is 0 Å². The second-order valence-corrected chi connectivity index (χ2v) is 5.87. The average Bonchev–Trinajstić information content (AvgIpc) is 2.58. The maximum atomic E-state index is 10.3. The van der Waals surface area contributed by atoms with Gasteiger partial charge in [0.25, 0.3) is 0 Å². The van der Waals surface area contributed by atoms with Crippen LogP contribution in [0.3, 0.4) is 0 Å². The molecule has 0 aliphatic rings. The number of rotatable bonds is 15. The van der Waals surface area contributed by atoms with Crippen LogP contribution < -0.4 is 0 Å². The highest BCUT2D eigenvalue weighted by atomic mass is 16.4. The number of hydrogen-bond donors (Lipinski definition) is 2. The SMILES string of the molecule is CC/C=C\C/C=C\CC(O)CC/C=C\C/C=C\C/C=C\CCC(=O)O. The van der Waals surface area contributed by atoms with Gasteiger partial charge in [0.05, 0.1) is 6.10 Å². The molecule has 0 radical (unpaired) electrons. The van der Waals surface area contributed by atoms with E-state index in [1.807, 2.05) is 12.2 Å². The quantitative estimate of drug-likeness (QED) is 0.372. The molecule has 0 aromatic carbocycles. The maximum Gasteiger partial charge on any atom is 0.303 e. The van der Waals surface area contributed by atoms with Gasteiger partial charge in [-0.05, 0) is 51.4 Å². The standard InChI is InChI=1S/C22H34O3/c1-2-3-4-5-12-15-18-21(23)19-16-13-10-8-6-7-9-11-14-17-20-22(24)25/h3-4,6-7,10-15,21,23H,2,5,8-9,16-20H2,1H3,(H,24,25)/b4-3-,7-6-,13-10-,14-11-,15-12-. The summed E-state index contributed by atoms with van der Waals surface area (Å²) < 4.78 is 0. The van der Waals surface area contributed by atoms with Gasteiger partial charge >= 0.3 is 5.97 Å². The molecule has 0 bridgehead atoms. The Balaban J connectivity index is 3.56. The van der Waals surface area contributed by atoms with E-state index in [9.17, 15) is 9.90 Å². The Morgan fingerprint density at radius 2 is 1.32 bits per heavy atom. The van der Waals surface area contributed by atoms with Gasteiger partial charge in [0, 0.05) is 6.42 Å². The number of carbonyl (C=O) groups is 1. The first-order valence-corrected chi connectivity index (χ1v) is 9.31. The van der Waals surface area contributed by atoms with Crippen molar-refractivity contribution in [2.45, 2.75) is 70.8 Å². The molecule has 3 nitrogen and oxygen atoms in total. The third-order valence-corrected chi connectivity index (χ3v) is 3.49. The molecule has 0 amide bonds. The fourth-order valence-electron chi connectivity index (χ4n) is 2.08. The smallest absolute Gasteiger partial charge is 0.303 e. The summed E-state index contributed by atoms with van der Waals surface area (Å²) in [4.78, 5) is 10.3. The van der Waals surface area contributed by atoms with E-state index in [-0.39, 0.29) is 12.5 Å². The molecule has 0 aliphatic heterocycles. The predicted octanol–water partition coefficient (Wildman–Crippen LogP) is 5.74. The topological polar surface area (TPSA) is 57.5 Å². The average molecular weight is 347 g/mol. The molecule has 140 valence electrons. The van der Waals surface area contributed by atoms with Crippen molar-refractivity contribution in [1.29, 1.82) is 0 Å². The Labute approximate surface area is 153 Å². The lowest BCUT2D eigenvalue weighted by atomic mass is 10.1. The van der Waals surface area contributed by atoms with E-state index in [2.05, 4.69) is 55.5 Å². The largest absolute Gasteiger partial charge is 0.481 e. The maximum absolute atomic E-state index is 10.3. The molecule has 1 atom stereocenters. The minimum atomic E-state index is -0.754. The van der Waals surface area contributed by atoms with Crippen LogP contribution in [0.15, 0.2) is 60.8 Å². The molecule has 0 heterocycles. The molecule has 0 rings (SSSR count). The predicted molar refractivity (Wildman–Crippen MR) is 107 cm³/mol. The van der Waals surface area contributed by atoms with Crippen LogP contribution in [0.2, 0.25) is 0 Å². The molecule has 0 aromatic rings. The molecule has 0 aromatic heterocycles. The molecule has 0 spiro atoms. The highest BCUT2D eigenvalue weighted by Crippen LogP contribution is 2.05. The Morgan fingerprint density at radius 1 is 0.800 bits per heavy atom. The lowest BCUT2D eigenvalue weighted by Crippen LogP contribution is -2.03. The van der Waals surface area contributed by atoms with E-state index >= 15 is 0 Å². The summed E-state index contributed by atoms with van der Waals surface area (Å²) in [5.41, 5.74) is 0. The van der Waals surface area contributed by atoms with Gasteiger partial charge in [0.1, 0.15) is 0 Å². The van der Waals surface area contributed by atoms with Crippen LogP contribution in [0.5, 0.6) is 0 Å². The van der Waals surface area contributed by atoms with Gasteiger partial charge < -0.3 is 10.2 Å². The van der Waals surface area contributed by atoms with Crippen molar-refractivity contribution < 1.29 is 15.0 Å². The summed E-state index contributed by atoms with van der Waals surface area (Å²) in [5, 5.41) is 18.4. The van der Waals surface area contributed by atoms with E-state index in [0.29, 0.717) is 6.42 Å². The Morgan fingerprint density at radius 3 is 1.92 bits per heavy atom. The van der Waals surface area contributed by atoms with E-state index in [0.717, 1.165) is 44.9 Å². The Bertz CT molecular complexity index is 456. The number of hydrogen-bond acceptors (Lipinski definition) is 2. The molecule has 0 saturated heterocycles. The fraction of sp³-hybridized carbons (Fsp3) is 0.500. The lowest BCUT2D eigenvalue weighted by molar-refractivity contribution is -0.136. The van der Waals surface area contributed by atoms with Gasteiger partial charge in [-0.15, -0.1) is 0 Å². The van der Waals surface area contributed by atoms with E-state index < -0.39 is 5.97 Å². The third-order valence-electron chi connectivity index (χ3n) is 3.49. The summed E-state index contributed by atoms with van der Waals surface area (Å²) >= 11 is 0. The van der Waals surface area contributed by atoms with Crippen molar-refractivity contribution in [2.75, 3.05) is 0 Å². The molecule has 1 unspecified atom stereocenters. The van der Waals surface area contributed by atoms with Crippen LogP contribution in [-0.2, 0) is 4.79 Å². The zero-order chi connectivity index (χ0) is 18.6. The normalized spacial score (nSPS) is 14.0. The van der Waals surface area contributed by atoms with Crippen LogP contribution in [0.1, 0.15) is 64.7 Å². The Kier molecular flexibility index (Phi) is 17.1. The number of carboxylic acid groups (broad SMARTS) is 1. The van der Waals surface area contributed by atoms with E-state index in [4.69, 9.17) is 5.11 Å². The number of carboxylic acids is 1. The number of allylic oxidation sites excluding steroid dienone is 9. The van der Waals surface area contributed by atoms with Crippen LogP contribution in [-0.4, -0.2) is 22.3 Å². The fourth-order valence-corrected chi connectivity index (χ4v) is 2.08. The van der Waals surface area contributed by atoms with Gasteiger partial charge in [-0.2, -0.15) is 0 Å². The van der Waals surface area contributed by atoms with E-state index in [1.165, 1.54) is 0 Å². The van der Waals surface area contributed by atoms with Crippen molar-refractivity contribution in [3.05, 3.63) is 60.8 Å². The highest BCUT2D eigenvalue weighted by Gasteiger charge is 1.98. The van der Waals surface area contributed by atoms with Crippen molar-refractivity contribution in [3.63, 3.8) is 0 Å². The summed E-state index contributed by atoms with van der Waals surface area (Å²) in [5.74, 6) is -0.754. The van der Waals surface area contributed by atoms with Crippen molar-refractivity contribution in [1.82, 2.24) is 0 Å². The molecule has 0 aliphatic carbocycles. The third kappa shape index (κ3) is 20.1. The number of aliphatic carboxylic acids is 1. The molecule has 0 saturated carbocycles. The minimum Gasteiger partial charge on any atom is -0.481 e. The lowest BCUT2D eigenvalue weighted by Gasteiger charge is -2.04. The van der Waals surface area contributed by atoms with Crippen molar-refractivity contribution >= 4 is 5.97 Å². The molecule has 25 heavy (non-hydrogen) atoms. The first-order chi connectivity index (χ1) is 12.2. The van der Waals surface area contributed by atoms with Gasteiger partial charge in [0.15, 0.2) is 0 Å². The molecule has 2 N–H and O–H groups in total. The first kappa shape index (κ1) is 23.1. The molecule has 0 fully saturated rings. The summed E-state index contributed by atoms with van der Waals surface area (Å²) in [6, 6.07) is 0. The zero-order valence-corrected chi connectivity index (χ0v) is 15.5. The summed E-state index contributed by atoms with van der Waals surface area (Å²) in [6.45, 7) is 2.12. The summed E-state index contributed by atoms with van der Waals surface area (Å²) in [7, 11) is 0. The number of aliphatic hydroxyl groups is 1.